The van der Waals surface area contributed by atoms with Crippen molar-refractivity contribution in [3.63, 3.8) is 0 Å². The van der Waals surface area contributed by atoms with E-state index < -0.39 is 0 Å². The molecule has 0 bridgehead atoms. The highest BCUT2D eigenvalue weighted by Crippen LogP contribution is 2.38. The first-order chi connectivity index (χ1) is 17.4. The second kappa shape index (κ2) is 15.7. The van der Waals surface area contributed by atoms with Gasteiger partial charge in [0.2, 0.25) is 0 Å². The van der Waals surface area contributed by atoms with E-state index in [0.29, 0.717) is 0 Å². The van der Waals surface area contributed by atoms with Crippen molar-refractivity contribution < 1.29 is 0 Å². The molecule has 0 fully saturated rings. The fourth-order valence-corrected chi connectivity index (χ4v) is 10.3. The molecule has 4 aromatic rings. The minimum absolute atomic E-state index is 0.757. The zero-order valence-electron chi connectivity index (χ0n) is 20.2. The molecule has 4 rings (SSSR count). The second-order valence-corrected chi connectivity index (χ2v) is 14.8. The Morgan fingerprint density at radius 3 is 1.23 bits per heavy atom. The third-order valence-electron chi connectivity index (χ3n) is 6.09. The Bertz CT molecular complexity index is 1070. The summed E-state index contributed by atoms with van der Waals surface area (Å²) in [4.78, 5) is 0. The fraction of sp³-hybridized carbons (Fsp3) is 0.226. The van der Waals surface area contributed by atoms with E-state index in [-0.39, 0.29) is 0 Å². The monoisotopic (exact) mass is 532 g/mol. The summed E-state index contributed by atoms with van der Waals surface area (Å²) in [7, 11) is 3.63. The van der Waals surface area contributed by atoms with Crippen LogP contribution in [0.5, 0.6) is 0 Å². The summed E-state index contributed by atoms with van der Waals surface area (Å²) in [5.41, 5.74) is 1.52. The zero-order chi connectivity index (χ0) is 24.0. The van der Waals surface area contributed by atoms with Gasteiger partial charge in [-0.1, -0.05) is 156 Å². The van der Waals surface area contributed by atoms with Crippen molar-refractivity contribution in [3.8, 4) is 0 Å². The molecule has 0 spiro atoms. The van der Waals surface area contributed by atoms with Gasteiger partial charge in [-0.3, -0.25) is 0 Å². The summed E-state index contributed by atoms with van der Waals surface area (Å²) in [6.07, 6.45) is 6.61. The van der Waals surface area contributed by atoms with Gasteiger partial charge in [-0.05, 0) is 64.1 Å². The highest BCUT2D eigenvalue weighted by atomic mass is 31.1. The van der Waals surface area contributed by atoms with Gasteiger partial charge in [0.05, 0.1) is 0 Å². The van der Waals surface area contributed by atoms with Gasteiger partial charge >= 0.3 is 0 Å². The summed E-state index contributed by atoms with van der Waals surface area (Å²) in [6, 6.07) is 44.6. The van der Waals surface area contributed by atoms with Crippen LogP contribution >= 0.6 is 34.3 Å². The van der Waals surface area contributed by atoms with E-state index in [9.17, 15) is 0 Å². The summed E-state index contributed by atoms with van der Waals surface area (Å²) in [5.74, 6) is 0. The van der Waals surface area contributed by atoms with Crippen molar-refractivity contribution in [2.45, 2.75) is 30.6 Å². The topological polar surface area (TPSA) is 0 Å². The first-order valence-electron chi connectivity index (χ1n) is 12.6. The second-order valence-electron chi connectivity index (χ2n) is 8.75. The summed E-state index contributed by atoms with van der Waals surface area (Å²) < 4.78 is 0. The highest BCUT2D eigenvalue weighted by Gasteiger charge is 2.22. The molecule has 0 amide bonds. The van der Waals surface area contributed by atoms with E-state index in [1.807, 2.05) is 0 Å². The van der Waals surface area contributed by atoms with Crippen LogP contribution in [0.1, 0.15) is 19.3 Å². The van der Waals surface area contributed by atoms with Crippen molar-refractivity contribution in [3.05, 3.63) is 121 Å². The Kier molecular flexibility index (Phi) is 11.9. The van der Waals surface area contributed by atoms with Gasteiger partial charge in [0, 0.05) is 0 Å². The Hall–Kier alpha value is -1.40. The van der Waals surface area contributed by atoms with E-state index in [4.69, 9.17) is 0 Å². The van der Waals surface area contributed by atoms with Crippen molar-refractivity contribution in [2.75, 3.05) is 12.3 Å². The number of hydrogen-bond donors (Lipinski definition) is 0. The van der Waals surface area contributed by atoms with Gasteiger partial charge in [0.25, 0.3) is 0 Å². The molecule has 180 valence electrons. The lowest BCUT2D eigenvalue weighted by atomic mass is 10.1. The minimum Gasteiger partial charge on any atom is -0.0904 e. The number of rotatable bonds is 14. The summed E-state index contributed by atoms with van der Waals surface area (Å²) in [6.45, 7) is 0. The third-order valence-corrected chi connectivity index (χ3v) is 12.5. The van der Waals surface area contributed by atoms with Crippen LogP contribution < -0.4 is 21.2 Å². The van der Waals surface area contributed by atoms with Crippen LogP contribution in [0.3, 0.4) is 0 Å². The lowest BCUT2D eigenvalue weighted by Crippen LogP contribution is -2.24. The minimum atomic E-state index is 0.757. The molecule has 0 aliphatic carbocycles. The van der Waals surface area contributed by atoms with E-state index in [0.717, 1.165) is 45.6 Å². The molecular weight excluding hydrogens is 496 g/mol. The Morgan fingerprint density at radius 2 is 0.771 bits per heavy atom. The van der Waals surface area contributed by atoms with Crippen LogP contribution in [0.4, 0.5) is 0 Å². The van der Waals surface area contributed by atoms with Gasteiger partial charge in [-0.2, -0.15) is 0 Å². The highest BCUT2D eigenvalue weighted by molar-refractivity contribution is 7.52. The molecule has 0 aromatic heterocycles. The first kappa shape index (κ1) is 26.7. The quantitative estimate of drug-likeness (QED) is 0.122. The van der Waals surface area contributed by atoms with Crippen LogP contribution in [0, 0.1) is 0 Å². The molecule has 6 atom stereocenters. The molecule has 0 nitrogen and oxygen atoms in total. The predicted octanol–water partition coefficient (Wildman–Crippen LogP) is 6.91. The van der Waals surface area contributed by atoms with E-state index in [1.54, 1.807) is 0 Å². The van der Waals surface area contributed by atoms with Crippen molar-refractivity contribution in [1.82, 2.24) is 0 Å². The average molecular weight is 533 g/mol. The maximum Gasteiger partial charge on any atom is -0.0125 e. The number of benzene rings is 4. The smallest absolute Gasteiger partial charge is 0.0125 e. The average Bonchev–Trinajstić information content (AvgIpc) is 2.92. The predicted molar refractivity (Wildman–Crippen MR) is 169 cm³/mol. The van der Waals surface area contributed by atoms with Crippen LogP contribution in [0.15, 0.2) is 121 Å². The molecular formula is C31H36P4. The molecule has 35 heavy (non-hydrogen) atoms. The molecule has 0 saturated heterocycles. The molecule has 0 aliphatic rings. The molecule has 0 saturated carbocycles. The molecule has 0 radical (unpaired) electrons. The van der Waals surface area contributed by atoms with E-state index >= 15 is 0 Å². The first-order valence-corrected chi connectivity index (χ1v) is 17.1. The molecule has 0 aliphatic heterocycles. The van der Waals surface area contributed by atoms with Crippen molar-refractivity contribution >= 4 is 55.5 Å². The Labute approximate surface area is 219 Å². The fourth-order valence-electron chi connectivity index (χ4n) is 4.28. The largest absolute Gasteiger partial charge is 0.0904 e. The normalized spacial score (nSPS) is 14.2. The van der Waals surface area contributed by atoms with Gasteiger partial charge in [-0.25, -0.2) is 0 Å². The maximum atomic E-state index is 2.34. The Morgan fingerprint density at radius 1 is 0.400 bits per heavy atom. The lowest BCUT2D eigenvalue weighted by Gasteiger charge is -2.28. The maximum absolute atomic E-state index is 2.34. The van der Waals surface area contributed by atoms with Crippen LogP contribution in [-0.4, -0.2) is 23.6 Å². The van der Waals surface area contributed by atoms with Crippen LogP contribution in [0.2, 0.25) is 0 Å². The van der Waals surface area contributed by atoms with Crippen LogP contribution in [-0.2, 0) is 0 Å². The summed E-state index contributed by atoms with van der Waals surface area (Å²) in [5, 5.41) is 6.05. The number of hydrogen-bond acceptors (Lipinski definition) is 0. The SMILES string of the molecule is c1ccc(PCCCC(Pc2ccccc2)C(CCPc2ccccc2)Pc2ccccc2)cc1. The van der Waals surface area contributed by atoms with Crippen molar-refractivity contribution in [1.29, 1.82) is 0 Å². The van der Waals surface area contributed by atoms with E-state index in [1.165, 1.54) is 52.8 Å². The zero-order valence-corrected chi connectivity index (χ0v) is 24.2. The molecule has 0 N–H and O–H groups in total. The van der Waals surface area contributed by atoms with Crippen LogP contribution in [0.25, 0.3) is 0 Å². The van der Waals surface area contributed by atoms with Gasteiger partial charge < -0.3 is 0 Å². The molecule has 4 aromatic carbocycles. The van der Waals surface area contributed by atoms with Gasteiger partial charge in [-0.15, -0.1) is 0 Å². The van der Waals surface area contributed by atoms with Crippen molar-refractivity contribution in [2.24, 2.45) is 0 Å². The molecule has 0 heterocycles. The van der Waals surface area contributed by atoms with Gasteiger partial charge in [0.1, 0.15) is 0 Å². The lowest BCUT2D eigenvalue weighted by molar-refractivity contribution is 0.688. The summed E-state index contributed by atoms with van der Waals surface area (Å²) >= 11 is 0. The van der Waals surface area contributed by atoms with E-state index in [2.05, 4.69) is 121 Å². The molecule has 4 heteroatoms. The Balaban J connectivity index is 1.44. The standard InChI is InChI=1S/C31H36P4/c1-5-14-26(15-6-1)32-24-13-22-30(34-28-18-9-3-10-19-28)31(35-29-20-11-4-12-21-29)23-25-33-27-16-7-2-8-17-27/h1-12,14-21,30-35H,13,22-25H2. The van der Waals surface area contributed by atoms with Gasteiger partial charge in [0.15, 0.2) is 0 Å². The molecule has 6 unspecified atom stereocenters. The third kappa shape index (κ3) is 9.87.